The highest BCUT2D eigenvalue weighted by atomic mass is 16.2. The minimum atomic E-state index is -0.0603. The highest BCUT2D eigenvalue weighted by Gasteiger charge is 2.27. The second-order valence-corrected chi connectivity index (χ2v) is 5.34. The third-order valence-electron chi connectivity index (χ3n) is 3.88. The summed E-state index contributed by atoms with van der Waals surface area (Å²) in [4.78, 5) is 14.3. The molecule has 2 unspecified atom stereocenters. The Morgan fingerprint density at radius 3 is 2.82 bits per heavy atom. The summed E-state index contributed by atoms with van der Waals surface area (Å²) < 4.78 is 0. The Balaban J connectivity index is 1.67. The zero-order valence-corrected chi connectivity index (χ0v) is 11.0. The van der Waals surface area contributed by atoms with Gasteiger partial charge in [-0.05, 0) is 45.7 Å². The van der Waals surface area contributed by atoms with Crippen LogP contribution in [0.3, 0.4) is 0 Å². The first kappa shape index (κ1) is 12.8. The molecule has 0 radical (unpaired) electrons. The number of carbonyl (C=O) groups is 1. The summed E-state index contributed by atoms with van der Waals surface area (Å²) in [5, 5.41) is 6.41. The third-order valence-corrected chi connectivity index (χ3v) is 3.88. The molecule has 2 N–H and O–H groups in total. The second kappa shape index (κ2) is 5.83. The second-order valence-electron chi connectivity index (χ2n) is 5.34. The molecule has 0 aromatic rings. The lowest BCUT2D eigenvalue weighted by molar-refractivity contribution is -0.122. The van der Waals surface area contributed by atoms with E-state index >= 15 is 0 Å². The van der Waals surface area contributed by atoms with Crippen molar-refractivity contribution >= 4 is 5.91 Å². The van der Waals surface area contributed by atoms with Crippen molar-refractivity contribution in [3.05, 3.63) is 0 Å². The molecular formula is C13H25N3O. The number of likely N-dealkylation sites (tertiary alicyclic amines) is 1. The van der Waals surface area contributed by atoms with Crippen molar-refractivity contribution in [3.8, 4) is 0 Å². The molecule has 17 heavy (non-hydrogen) atoms. The van der Waals surface area contributed by atoms with Gasteiger partial charge >= 0.3 is 0 Å². The Morgan fingerprint density at radius 1 is 1.41 bits per heavy atom. The van der Waals surface area contributed by atoms with Gasteiger partial charge in [-0.1, -0.05) is 6.92 Å². The van der Waals surface area contributed by atoms with Gasteiger partial charge < -0.3 is 10.6 Å². The Hall–Kier alpha value is -0.610. The summed E-state index contributed by atoms with van der Waals surface area (Å²) in [5.74, 6) is 0.161. The zero-order chi connectivity index (χ0) is 12.3. The fourth-order valence-electron chi connectivity index (χ4n) is 2.50. The SMILES string of the molecule is CCN1CCCC1CNC(C)C(=O)NC1CC1. The fourth-order valence-corrected chi connectivity index (χ4v) is 2.50. The molecule has 98 valence electrons. The zero-order valence-electron chi connectivity index (χ0n) is 11.0. The quantitative estimate of drug-likeness (QED) is 0.718. The smallest absolute Gasteiger partial charge is 0.237 e. The number of hydrogen-bond acceptors (Lipinski definition) is 3. The first-order valence-corrected chi connectivity index (χ1v) is 6.98. The highest BCUT2D eigenvalue weighted by Crippen LogP contribution is 2.19. The van der Waals surface area contributed by atoms with E-state index in [-0.39, 0.29) is 11.9 Å². The van der Waals surface area contributed by atoms with Gasteiger partial charge in [0, 0.05) is 18.6 Å². The van der Waals surface area contributed by atoms with Gasteiger partial charge in [0.15, 0.2) is 0 Å². The van der Waals surface area contributed by atoms with Gasteiger partial charge in [0.1, 0.15) is 0 Å². The summed E-state index contributed by atoms with van der Waals surface area (Å²) >= 11 is 0. The molecule has 2 fully saturated rings. The van der Waals surface area contributed by atoms with Crippen LogP contribution in [0.15, 0.2) is 0 Å². The van der Waals surface area contributed by atoms with E-state index in [4.69, 9.17) is 0 Å². The number of amides is 1. The highest BCUT2D eigenvalue weighted by molar-refractivity contribution is 5.81. The molecule has 1 saturated heterocycles. The first-order chi connectivity index (χ1) is 8.20. The minimum absolute atomic E-state index is 0.0603. The maximum absolute atomic E-state index is 11.8. The summed E-state index contributed by atoms with van der Waals surface area (Å²) in [5.41, 5.74) is 0. The van der Waals surface area contributed by atoms with E-state index in [2.05, 4.69) is 22.5 Å². The van der Waals surface area contributed by atoms with Crippen LogP contribution in [0.1, 0.15) is 39.5 Å². The lowest BCUT2D eigenvalue weighted by atomic mass is 10.2. The van der Waals surface area contributed by atoms with Crippen LogP contribution in [-0.2, 0) is 4.79 Å². The van der Waals surface area contributed by atoms with Crippen LogP contribution >= 0.6 is 0 Å². The normalized spacial score (nSPS) is 27.1. The lowest BCUT2D eigenvalue weighted by Crippen LogP contribution is -2.47. The summed E-state index contributed by atoms with van der Waals surface area (Å²) in [6.07, 6.45) is 4.87. The number of nitrogens with zero attached hydrogens (tertiary/aromatic N) is 1. The van der Waals surface area contributed by atoms with Gasteiger partial charge in [-0.15, -0.1) is 0 Å². The number of carbonyl (C=O) groups excluding carboxylic acids is 1. The van der Waals surface area contributed by atoms with Gasteiger partial charge in [-0.2, -0.15) is 0 Å². The van der Waals surface area contributed by atoms with E-state index in [1.54, 1.807) is 0 Å². The van der Waals surface area contributed by atoms with E-state index in [0.717, 1.165) is 25.9 Å². The molecule has 1 aliphatic heterocycles. The van der Waals surface area contributed by atoms with Crippen LogP contribution in [-0.4, -0.2) is 48.6 Å². The van der Waals surface area contributed by atoms with Gasteiger partial charge in [0.25, 0.3) is 0 Å². The van der Waals surface area contributed by atoms with Crippen molar-refractivity contribution in [2.24, 2.45) is 0 Å². The first-order valence-electron chi connectivity index (χ1n) is 6.98. The molecule has 1 heterocycles. The number of rotatable bonds is 6. The molecule has 2 rings (SSSR count). The van der Waals surface area contributed by atoms with Crippen molar-refractivity contribution in [3.63, 3.8) is 0 Å². The Kier molecular flexibility index (Phi) is 4.40. The molecule has 1 amide bonds. The van der Waals surface area contributed by atoms with Crippen molar-refractivity contribution < 1.29 is 4.79 Å². The predicted octanol–water partition coefficient (Wildman–Crippen LogP) is 0.727. The molecule has 1 aliphatic carbocycles. The average molecular weight is 239 g/mol. The van der Waals surface area contributed by atoms with E-state index in [1.165, 1.54) is 19.4 Å². The number of nitrogens with one attached hydrogen (secondary N) is 2. The van der Waals surface area contributed by atoms with Crippen LogP contribution in [0.2, 0.25) is 0 Å². The minimum Gasteiger partial charge on any atom is -0.352 e. The molecule has 4 nitrogen and oxygen atoms in total. The Labute approximate surface area is 104 Å². The van der Waals surface area contributed by atoms with Crippen molar-refractivity contribution in [1.82, 2.24) is 15.5 Å². The third kappa shape index (κ3) is 3.68. The average Bonchev–Trinajstić information content (AvgIpc) is 3.02. The van der Waals surface area contributed by atoms with Crippen molar-refractivity contribution in [1.29, 1.82) is 0 Å². The standard InChI is InChI=1S/C13H25N3O/c1-3-16-8-4-5-12(16)9-14-10(2)13(17)15-11-6-7-11/h10-12,14H,3-9H2,1-2H3,(H,15,17). The van der Waals surface area contributed by atoms with Crippen LogP contribution < -0.4 is 10.6 Å². The van der Waals surface area contributed by atoms with Gasteiger partial charge in [-0.3, -0.25) is 9.69 Å². The molecule has 0 aromatic heterocycles. The maximum Gasteiger partial charge on any atom is 0.237 e. The summed E-state index contributed by atoms with van der Waals surface area (Å²) in [7, 11) is 0. The predicted molar refractivity (Wildman–Crippen MR) is 68.9 cm³/mol. The molecule has 2 atom stereocenters. The monoisotopic (exact) mass is 239 g/mol. The molecule has 2 aliphatic rings. The van der Waals surface area contributed by atoms with Gasteiger partial charge in [0.05, 0.1) is 6.04 Å². The topological polar surface area (TPSA) is 44.4 Å². The van der Waals surface area contributed by atoms with E-state index < -0.39 is 0 Å². The van der Waals surface area contributed by atoms with Gasteiger partial charge in [0.2, 0.25) is 5.91 Å². The van der Waals surface area contributed by atoms with Gasteiger partial charge in [-0.25, -0.2) is 0 Å². The lowest BCUT2D eigenvalue weighted by Gasteiger charge is -2.24. The van der Waals surface area contributed by atoms with Crippen molar-refractivity contribution in [2.75, 3.05) is 19.6 Å². The maximum atomic E-state index is 11.8. The van der Waals surface area contributed by atoms with Crippen LogP contribution in [0, 0.1) is 0 Å². The van der Waals surface area contributed by atoms with Crippen LogP contribution in [0.5, 0.6) is 0 Å². The largest absolute Gasteiger partial charge is 0.352 e. The summed E-state index contributed by atoms with van der Waals surface area (Å²) in [6, 6.07) is 1.02. The molecule has 0 bridgehead atoms. The Bertz CT molecular complexity index is 265. The molecular weight excluding hydrogens is 214 g/mol. The Morgan fingerprint density at radius 2 is 2.18 bits per heavy atom. The van der Waals surface area contributed by atoms with E-state index in [9.17, 15) is 4.79 Å². The summed E-state index contributed by atoms with van der Waals surface area (Å²) in [6.45, 7) is 7.44. The van der Waals surface area contributed by atoms with Crippen molar-refractivity contribution in [2.45, 2.75) is 57.7 Å². The van der Waals surface area contributed by atoms with E-state index in [0.29, 0.717) is 12.1 Å². The molecule has 1 saturated carbocycles. The molecule has 0 aromatic carbocycles. The molecule has 4 heteroatoms. The van der Waals surface area contributed by atoms with E-state index in [1.807, 2.05) is 6.92 Å². The van der Waals surface area contributed by atoms with Crippen LogP contribution in [0.25, 0.3) is 0 Å². The van der Waals surface area contributed by atoms with Crippen LogP contribution in [0.4, 0.5) is 0 Å². The molecule has 0 spiro atoms. The number of hydrogen-bond donors (Lipinski definition) is 2. The fraction of sp³-hybridized carbons (Fsp3) is 0.923. The number of likely N-dealkylation sites (N-methyl/N-ethyl adjacent to an activating group) is 1.